The van der Waals surface area contributed by atoms with Crippen molar-refractivity contribution in [3.63, 3.8) is 0 Å². The van der Waals surface area contributed by atoms with Crippen molar-refractivity contribution in [3.8, 4) is 5.75 Å². The number of phenolic OH excluding ortho intramolecular Hbond substituents is 1. The molecule has 3 N–H and O–H groups in total. The van der Waals surface area contributed by atoms with Gasteiger partial charge in [-0.1, -0.05) is 19.9 Å². The number of anilines is 2. The second-order valence-electron chi connectivity index (χ2n) is 7.69. The van der Waals surface area contributed by atoms with Crippen molar-refractivity contribution in [2.24, 2.45) is 5.41 Å². The Hall–Kier alpha value is -3.02. The highest BCUT2D eigenvalue weighted by Gasteiger charge is 2.26. The van der Waals surface area contributed by atoms with Crippen LogP contribution in [0.1, 0.15) is 47.4 Å². The maximum Gasteiger partial charge on any atom is 0.337 e. The van der Waals surface area contributed by atoms with Gasteiger partial charge < -0.3 is 20.4 Å². The van der Waals surface area contributed by atoms with Gasteiger partial charge in [-0.25, -0.2) is 4.79 Å². The second kappa shape index (κ2) is 7.31. The van der Waals surface area contributed by atoms with E-state index in [4.69, 9.17) is 0 Å². The van der Waals surface area contributed by atoms with Gasteiger partial charge in [0.25, 0.3) is 5.91 Å². The summed E-state index contributed by atoms with van der Waals surface area (Å²) in [4.78, 5) is 26.3. The van der Waals surface area contributed by atoms with Gasteiger partial charge >= 0.3 is 5.97 Å². The minimum Gasteiger partial charge on any atom is -0.508 e. The molecule has 1 amide bonds. The standard InChI is InChI=1S/C21H24N2O4/c1-21(2)8-10-23(11-9-21)15-6-7-17(20(26)27)18(13-15)22-19(25)14-4-3-5-16(24)12-14/h3-7,12-13,24H,8-11H2,1-2H3,(H,22,25)(H,26,27). The van der Waals surface area contributed by atoms with Gasteiger partial charge in [0, 0.05) is 24.3 Å². The predicted molar refractivity (Wildman–Crippen MR) is 105 cm³/mol. The number of phenols is 1. The van der Waals surface area contributed by atoms with Crippen molar-refractivity contribution in [1.82, 2.24) is 0 Å². The van der Waals surface area contributed by atoms with E-state index in [2.05, 4.69) is 24.1 Å². The third-order valence-electron chi connectivity index (χ3n) is 5.07. The highest BCUT2D eigenvalue weighted by Crippen LogP contribution is 2.33. The van der Waals surface area contributed by atoms with Crippen molar-refractivity contribution in [1.29, 1.82) is 0 Å². The van der Waals surface area contributed by atoms with Crippen LogP contribution < -0.4 is 10.2 Å². The molecule has 2 aromatic carbocycles. The molecule has 0 radical (unpaired) electrons. The molecule has 1 heterocycles. The van der Waals surface area contributed by atoms with Gasteiger partial charge in [-0.15, -0.1) is 0 Å². The van der Waals surface area contributed by atoms with Gasteiger partial charge in [-0.2, -0.15) is 0 Å². The number of hydrogen-bond acceptors (Lipinski definition) is 4. The number of piperidine rings is 1. The van der Waals surface area contributed by atoms with Crippen LogP contribution in [0.5, 0.6) is 5.75 Å². The second-order valence-corrected chi connectivity index (χ2v) is 7.69. The lowest BCUT2D eigenvalue weighted by Gasteiger charge is -2.38. The predicted octanol–water partition coefficient (Wildman–Crippen LogP) is 3.97. The third kappa shape index (κ3) is 4.39. The highest BCUT2D eigenvalue weighted by molar-refractivity contribution is 6.08. The zero-order valence-electron chi connectivity index (χ0n) is 15.5. The number of aromatic carboxylic acids is 1. The molecule has 0 atom stereocenters. The molecule has 0 aromatic heterocycles. The fourth-order valence-corrected chi connectivity index (χ4v) is 3.23. The van der Waals surface area contributed by atoms with Crippen molar-refractivity contribution < 1.29 is 19.8 Å². The van der Waals surface area contributed by atoms with Crippen molar-refractivity contribution in [2.45, 2.75) is 26.7 Å². The Morgan fingerprint density at radius 1 is 1.07 bits per heavy atom. The lowest BCUT2D eigenvalue weighted by Crippen LogP contribution is -2.37. The number of rotatable bonds is 4. The number of nitrogens with zero attached hydrogens (tertiary/aromatic N) is 1. The summed E-state index contributed by atoms with van der Waals surface area (Å²) in [5.41, 5.74) is 1.74. The van der Waals surface area contributed by atoms with Crippen LogP contribution in [-0.2, 0) is 0 Å². The summed E-state index contributed by atoms with van der Waals surface area (Å²) < 4.78 is 0. The Morgan fingerprint density at radius 3 is 2.41 bits per heavy atom. The van der Waals surface area contributed by atoms with E-state index < -0.39 is 11.9 Å². The first kappa shape index (κ1) is 18.8. The van der Waals surface area contributed by atoms with Crippen LogP contribution in [0, 0.1) is 5.41 Å². The summed E-state index contributed by atoms with van der Waals surface area (Å²) in [7, 11) is 0. The summed E-state index contributed by atoms with van der Waals surface area (Å²) >= 11 is 0. The molecule has 6 nitrogen and oxygen atoms in total. The molecule has 0 unspecified atom stereocenters. The average Bonchev–Trinajstić information content (AvgIpc) is 2.61. The summed E-state index contributed by atoms with van der Waals surface area (Å²) in [6.45, 7) is 6.27. The van der Waals surface area contributed by atoms with E-state index in [0.29, 0.717) is 5.41 Å². The number of amides is 1. The van der Waals surface area contributed by atoms with E-state index in [1.807, 2.05) is 0 Å². The summed E-state index contributed by atoms with van der Waals surface area (Å²) in [6.07, 6.45) is 2.11. The first-order valence-electron chi connectivity index (χ1n) is 8.98. The number of carboxylic acids is 1. The molecule has 2 aromatic rings. The zero-order chi connectivity index (χ0) is 19.6. The Labute approximate surface area is 158 Å². The van der Waals surface area contributed by atoms with Crippen molar-refractivity contribution in [2.75, 3.05) is 23.3 Å². The molecule has 1 saturated heterocycles. The van der Waals surface area contributed by atoms with Gasteiger partial charge in [0.1, 0.15) is 5.75 Å². The quantitative estimate of drug-likeness (QED) is 0.760. The molecule has 1 aliphatic heterocycles. The maximum absolute atomic E-state index is 12.5. The van der Waals surface area contributed by atoms with E-state index >= 15 is 0 Å². The smallest absolute Gasteiger partial charge is 0.337 e. The molecule has 1 fully saturated rings. The van der Waals surface area contributed by atoms with Crippen LogP contribution in [0.25, 0.3) is 0 Å². The fraction of sp³-hybridized carbons (Fsp3) is 0.333. The third-order valence-corrected chi connectivity index (χ3v) is 5.07. The van der Waals surface area contributed by atoms with Gasteiger partial charge in [0.05, 0.1) is 11.3 Å². The Morgan fingerprint density at radius 2 is 1.78 bits per heavy atom. The number of nitrogens with one attached hydrogen (secondary N) is 1. The molecule has 0 aliphatic carbocycles. The minimum atomic E-state index is -1.10. The van der Waals surface area contributed by atoms with E-state index in [0.717, 1.165) is 31.6 Å². The van der Waals surface area contributed by atoms with Crippen LogP contribution >= 0.6 is 0 Å². The average molecular weight is 368 g/mol. The van der Waals surface area contributed by atoms with E-state index in [9.17, 15) is 19.8 Å². The molecule has 0 bridgehead atoms. The maximum atomic E-state index is 12.5. The van der Waals surface area contributed by atoms with Crippen LogP contribution in [0.15, 0.2) is 42.5 Å². The Balaban J connectivity index is 1.86. The zero-order valence-corrected chi connectivity index (χ0v) is 15.5. The van der Waals surface area contributed by atoms with Gasteiger partial charge in [0.15, 0.2) is 0 Å². The first-order valence-corrected chi connectivity index (χ1v) is 8.98. The molecule has 0 spiro atoms. The Bertz CT molecular complexity index is 866. The largest absolute Gasteiger partial charge is 0.508 e. The lowest BCUT2D eigenvalue weighted by atomic mass is 9.82. The van der Waals surface area contributed by atoms with Crippen molar-refractivity contribution >= 4 is 23.3 Å². The molecule has 0 saturated carbocycles. The summed E-state index contributed by atoms with van der Waals surface area (Å²) in [6, 6.07) is 11.0. The van der Waals surface area contributed by atoms with E-state index in [1.165, 1.54) is 18.2 Å². The topological polar surface area (TPSA) is 89.9 Å². The van der Waals surface area contributed by atoms with Crippen molar-refractivity contribution in [3.05, 3.63) is 53.6 Å². The molecule has 6 heteroatoms. The van der Waals surface area contributed by atoms with Crippen LogP contribution in [-0.4, -0.2) is 35.2 Å². The molecule has 142 valence electrons. The summed E-state index contributed by atoms with van der Waals surface area (Å²) in [5, 5.41) is 21.7. The number of benzene rings is 2. The normalized spacial score (nSPS) is 16.0. The lowest BCUT2D eigenvalue weighted by molar-refractivity contribution is 0.0698. The molecular weight excluding hydrogens is 344 g/mol. The molecule has 1 aliphatic rings. The summed E-state index contributed by atoms with van der Waals surface area (Å²) in [5.74, 6) is -1.59. The number of carbonyl (C=O) groups excluding carboxylic acids is 1. The van der Waals surface area contributed by atoms with Gasteiger partial charge in [-0.3, -0.25) is 4.79 Å². The number of carbonyl (C=O) groups is 2. The monoisotopic (exact) mass is 368 g/mol. The van der Waals surface area contributed by atoms with Gasteiger partial charge in [0.2, 0.25) is 0 Å². The van der Waals surface area contributed by atoms with Crippen LogP contribution in [0.2, 0.25) is 0 Å². The first-order chi connectivity index (χ1) is 12.7. The number of aromatic hydroxyl groups is 1. The number of carboxylic acid groups (broad SMARTS) is 1. The van der Waals surface area contributed by atoms with Crippen LogP contribution in [0.3, 0.4) is 0 Å². The van der Waals surface area contributed by atoms with Gasteiger partial charge in [-0.05, 0) is 54.7 Å². The fourth-order valence-electron chi connectivity index (χ4n) is 3.23. The molecule has 27 heavy (non-hydrogen) atoms. The number of hydrogen-bond donors (Lipinski definition) is 3. The van der Waals surface area contributed by atoms with E-state index in [-0.39, 0.29) is 22.6 Å². The Kier molecular flexibility index (Phi) is 5.08. The van der Waals surface area contributed by atoms with Crippen LogP contribution in [0.4, 0.5) is 11.4 Å². The minimum absolute atomic E-state index is 0.0224. The molecule has 3 rings (SSSR count). The van der Waals surface area contributed by atoms with E-state index in [1.54, 1.807) is 24.3 Å². The SMILES string of the molecule is CC1(C)CCN(c2ccc(C(=O)O)c(NC(=O)c3cccc(O)c3)c2)CC1. The highest BCUT2D eigenvalue weighted by atomic mass is 16.4. The molecular formula is C21H24N2O4.